The third-order valence-electron chi connectivity index (χ3n) is 4.25. The van der Waals surface area contributed by atoms with Gasteiger partial charge in [-0.05, 0) is 66.7 Å². The molecule has 29 heavy (non-hydrogen) atoms. The van der Waals surface area contributed by atoms with Crippen LogP contribution in [0.2, 0.25) is 5.02 Å². The van der Waals surface area contributed by atoms with Crippen molar-refractivity contribution in [2.45, 2.75) is 0 Å². The second-order valence-electron chi connectivity index (χ2n) is 6.33. The zero-order chi connectivity index (χ0) is 20.2. The van der Waals surface area contributed by atoms with Gasteiger partial charge in [0.15, 0.2) is 0 Å². The molecule has 4 aromatic rings. The second-order valence-corrected chi connectivity index (χ2v) is 6.77. The van der Waals surface area contributed by atoms with Crippen LogP contribution in [0, 0.1) is 5.82 Å². The highest BCUT2D eigenvalue weighted by Gasteiger charge is 2.07. The van der Waals surface area contributed by atoms with Crippen molar-refractivity contribution in [1.82, 2.24) is 4.98 Å². The molecule has 4 rings (SSSR count). The SMILES string of the molecule is N/C(=C\Nc1ccc(F)cc1)c1ccc2c(Oc3cccc(Cl)c3)cccc2n1. The van der Waals surface area contributed by atoms with E-state index in [9.17, 15) is 4.39 Å². The van der Waals surface area contributed by atoms with Gasteiger partial charge in [0.25, 0.3) is 0 Å². The molecule has 144 valence electrons. The molecule has 0 amide bonds. The monoisotopic (exact) mass is 405 g/mol. The zero-order valence-corrected chi connectivity index (χ0v) is 16.0. The number of nitrogens with zero attached hydrogens (tertiary/aromatic N) is 1. The van der Waals surface area contributed by atoms with Gasteiger partial charge in [-0.25, -0.2) is 9.37 Å². The van der Waals surface area contributed by atoms with E-state index in [1.807, 2.05) is 42.5 Å². The van der Waals surface area contributed by atoms with Crippen LogP contribution in [0.3, 0.4) is 0 Å². The number of rotatable bonds is 5. The Balaban J connectivity index is 1.59. The van der Waals surface area contributed by atoms with E-state index in [1.54, 1.807) is 30.5 Å². The van der Waals surface area contributed by atoms with Crippen molar-refractivity contribution in [1.29, 1.82) is 0 Å². The van der Waals surface area contributed by atoms with Crippen LogP contribution >= 0.6 is 11.6 Å². The molecular weight excluding hydrogens is 389 g/mol. The normalized spacial score (nSPS) is 11.4. The van der Waals surface area contributed by atoms with Crippen molar-refractivity contribution in [3.63, 3.8) is 0 Å². The molecule has 0 aliphatic heterocycles. The largest absolute Gasteiger partial charge is 0.457 e. The van der Waals surface area contributed by atoms with E-state index in [1.165, 1.54) is 12.1 Å². The van der Waals surface area contributed by atoms with Crippen LogP contribution in [0.1, 0.15) is 5.69 Å². The van der Waals surface area contributed by atoms with Gasteiger partial charge >= 0.3 is 0 Å². The topological polar surface area (TPSA) is 60.2 Å². The van der Waals surface area contributed by atoms with Crippen LogP contribution in [-0.4, -0.2) is 4.98 Å². The fraction of sp³-hybridized carbons (Fsp3) is 0. The molecule has 6 heteroatoms. The van der Waals surface area contributed by atoms with Gasteiger partial charge in [0.1, 0.15) is 17.3 Å². The number of anilines is 1. The molecule has 0 bridgehead atoms. The molecule has 1 heterocycles. The van der Waals surface area contributed by atoms with Crippen LogP contribution in [0.15, 0.2) is 85.1 Å². The maximum atomic E-state index is 13.0. The lowest BCUT2D eigenvalue weighted by molar-refractivity contribution is 0.488. The Hall–Kier alpha value is -3.57. The molecule has 0 aliphatic carbocycles. The molecule has 0 unspecified atom stereocenters. The fourth-order valence-electron chi connectivity index (χ4n) is 2.82. The Morgan fingerprint density at radius 2 is 1.79 bits per heavy atom. The Bertz CT molecular complexity index is 1190. The molecule has 3 aromatic carbocycles. The first-order valence-corrected chi connectivity index (χ1v) is 9.27. The summed E-state index contributed by atoms with van der Waals surface area (Å²) in [6.07, 6.45) is 1.63. The highest BCUT2D eigenvalue weighted by Crippen LogP contribution is 2.30. The van der Waals surface area contributed by atoms with E-state index in [0.717, 1.165) is 16.6 Å². The maximum absolute atomic E-state index is 13.0. The van der Waals surface area contributed by atoms with E-state index < -0.39 is 0 Å². The van der Waals surface area contributed by atoms with E-state index >= 15 is 0 Å². The number of hydrogen-bond donors (Lipinski definition) is 2. The second kappa shape index (κ2) is 8.20. The highest BCUT2D eigenvalue weighted by molar-refractivity contribution is 6.30. The van der Waals surface area contributed by atoms with Gasteiger partial charge in [0.05, 0.1) is 16.9 Å². The molecule has 0 saturated heterocycles. The predicted octanol–water partition coefficient (Wildman–Crippen LogP) is 6.19. The lowest BCUT2D eigenvalue weighted by Gasteiger charge is -2.10. The molecule has 4 nitrogen and oxygen atoms in total. The molecule has 3 N–H and O–H groups in total. The van der Waals surface area contributed by atoms with Gasteiger partial charge in [0.2, 0.25) is 0 Å². The van der Waals surface area contributed by atoms with Crippen LogP contribution in [0.4, 0.5) is 10.1 Å². The Labute approximate surface area is 172 Å². The smallest absolute Gasteiger partial charge is 0.136 e. The Morgan fingerprint density at radius 3 is 2.59 bits per heavy atom. The number of fused-ring (bicyclic) bond motifs is 1. The summed E-state index contributed by atoms with van der Waals surface area (Å²) < 4.78 is 19.0. The van der Waals surface area contributed by atoms with Crippen LogP contribution < -0.4 is 15.8 Å². The van der Waals surface area contributed by atoms with Gasteiger partial charge in [-0.2, -0.15) is 0 Å². The van der Waals surface area contributed by atoms with Gasteiger partial charge in [0, 0.05) is 22.3 Å². The summed E-state index contributed by atoms with van der Waals surface area (Å²) >= 11 is 6.03. The summed E-state index contributed by atoms with van der Waals surface area (Å²) in [5.41, 5.74) is 8.71. The Kier molecular flexibility index (Phi) is 5.31. The quantitative estimate of drug-likeness (QED) is 0.415. The zero-order valence-electron chi connectivity index (χ0n) is 15.3. The Morgan fingerprint density at radius 1 is 1.00 bits per heavy atom. The molecule has 0 radical (unpaired) electrons. The van der Waals surface area contributed by atoms with Gasteiger partial charge < -0.3 is 15.8 Å². The lowest BCUT2D eigenvalue weighted by atomic mass is 10.1. The summed E-state index contributed by atoms with van der Waals surface area (Å²) in [7, 11) is 0. The van der Waals surface area contributed by atoms with Crippen LogP contribution in [-0.2, 0) is 0 Å². The van der Waals surface area contributed by atoms with E-state index in [4.69, 9.17) is 22.1 Å². The van der Waals surface area contributed by atoms with Crippen molar-refractivity contribution >= 4 is 33.9 Å². The number of halogens is 2. The van der Waals surface area contributed by atoms with Gasteiger partial charge in [-0.3, -0.25) is 0 Å². The van der Waals surface area contributed by atoms with Crippen molar-refractivity contribution in [2.75, 3.05) is 5.32 Å². The van der Waals surface area contributed by atoms with Crippen molar-refractivity contribution in [3.05, 3.63) is 102 Å². The minimum absolute atomic E-state index is 0.292. The van der Waals surface area contributed by atoms with E-state index in [0.29, 0.717) is 27.9 Å². The van der Waals surface area contributed by atoms with Gasteiger partial charge in [-0.1, -0.05) is 23.7 Å². The summed E-state index contributed by atoms with van der Waals surface area (Å²) in [5, 5.41) is 4.50. The molecule has 0 aliphatic rings. The third kappa shape index (κ3) is 4.47. The minimum atomic E-state index is -0.292. The number of nitrogens with one attached hydrogen (secondary N) is 1. The van der Waals surface area contributed by atoms with Crippen LogP contribution in [0.5, 0.6) is 11.5 Å². The average Bonchev–Trinajstić information content (AvgIpc) is 2.73. The summed E-state index contributed by atoms with van der Waals surface area (Å²) in [5.74, 6) is 1.03. The number of benzene rings is 3. The molecule has 1 aromatic heterocycles. The average molecular weight is 406 g/mol. The first-order chi connectivity index (χ1) is 14.1. The van der Waals surface area contributed by atoms with Crippen molar-refractivity contribution in [3.8, 4) is 11.5 Å². The number of ether oxygens (including phenoxy) is 1. The molecule has 0 spiro atoms. The minimum Gasteiger partial charge on any atom is -0.457 e. The predicted molar refractivity (Wildman–Crippen MR) is 115 cm³/mol. The number of aromatic nitrogens is 1. The summed E-state index contributed by atoms with van der Waals surface area (Å²) in [4.78, 5) is 4.62. The highest BCUT2D eigenvalue weighted by atomic mass is 35.5. The first-order valence-electron chi connectivity index (χ1n) is 8.90. The summed E-state index contributed by atoms with van der Waals surface area (Å²) in [6, 6.07) is 22.6. The van der Waals surface area contributed by atoms with Gasteiger partial charge in [-0.15, -0.1) is 0 Å². The first kappa shape index (κ1) is 18.8. The lowest BCUT2D eigenvalue weighted by Crippen LogP contribution is -2.02. The number of nitrogens with two attached hydrogens (primary N) is 1. The van der Waals surface area contributed by atoms with Crippen LogP contribution in [0.25, 0.3) is 16.6 Å². The number of pyridine rings is 1. The third-order valence-corrected chi connectivity index (χ3v) is 4.49. The number of hydrogen-bond acceptors (Lipinski definition) is 4. The van der Waals surface area contributed by atoms with E-state index in [2.05, 4.69) is 10.3 Å². The van der Waals surface area contributed by atoms with E-state index in [-0.39, 0.29) is 5.82 Å². The molecule has 0 saturated carbocycles. The van der Waals surface area contributed by atoms with Crippen molar-refractivity contribution < 1.29 is 9.13 Å². The van der Waals surface area contributed by atoms with Crippen molar-refractivity contribution in [2.24, 2.45) is 5.73 Å². The molecular formula is C23H17ClFN3O. The standard InChI is InChI=1S/C23H17ClFN3O/c24-15-3-1-4-18(13-15)29-23-6-2-5-21-19(23)11-12-22(28-21)20(26)14-27-17-9-7-16(25)8-10-17/h1-14,27H,26H2/b20-14-. The fourth-order valence-corrected chi connectivity index (χ4v) is 3.00. The maximum Gasteiger partial charge on any atom is 0.136 e. The molecule has 0 fully saturated rings. The molecule has 0 atom stereocenters. The summed E-state index contributed by atoms with van der Waals surface area (Å²) in [6.45, 7) is 0.